The highest BCUT2D eigenvalue weighted by atomic mass is 19.4. The van der Waals surface area contributed by atoms with Crippen LogP contribution < -0.4 is 10.2 Å². The molecule has 1 aromatic rings. The van der Waals surface area contributed by atoms with E-state index in [-0.39, 0.29) is 5.75 Å². The zero-order chi connectivity index (χ0) is 10.8. The summed E-state index contributed by atoms with van der Waals surface area (Å²) < 4.78 is 63.3. The topological polar surface area (TPSA) is 9.23 Å². The summed E-state index contributed by atoms with van der Waals surface area (Å²) in [5.74, 6) is -0.288. The lowest BCUT2D eigenvalue weighted by molar-refractivity contribution is -0.0498. The van der Waals surface area contributed by atoms with Gasteiger partial charge in [-0.3, -0.25) is 0 Å². The molecule has 0 aliphatic heterocycles. The monoisotopic (exact) mass is 211 g/mol. The van der Waals surface area contributed by atoms with Gasteiger partial charge in [-0.1, -0.05) is 12.1 Å². The van der Waals surface area contributed by atoms with Crippen molar-refractivity contribution in [2.24, 2.45) is 0 Å². The first kappa shape index (κ1) is 10.8. The molecular formula is C7H5BF5O-. The minimum Gasteiger partial charge on any atom is -0.445 e. The molecule has 0 atom stereocenters. The highest BCUT2D eigenvalue weighted by Gasteiger charge is 2.25. The number of rotatable bonds is 3. The van der Waals surface area contributed by atoms with Crippen molar-refractivity contribution in [3.63, 3.8) is 0 Å². The molecule has 0 N–H and O–H groups in total. The van der Waals surface area contributed by atoms with Gasteiger partial charge in [0, 0.05) is 0 Å². The predicted molar refractivity (Wildman–Crippen MR) is 41.8 cm³/mol. The van der Waals surface area contributed by atoms with E-state index in [1.165, 1.54) is 0 Å². The Morgan fingerprint density at radius 2 is 1.50 bits per heavy atom. The van der Waals surface area contributed by atoms with E-state index in [9.17, 15) is 21.7 Å². The molecule has 0 aliphatic carbocycles. The normalized spacial score (nSPS) is 11.9. The third-order valence-corrected chi connectivity index (χ3v) is 1.48. The average Bonchev–Trinajstić information content (AvgIpc) is 2.02. The lowest BCUT2D eigenvalue weighted by atomic mass is 9.80. The van der Waals surface area contributed by atoms with Gasteiger partial charge in [0.2, 0.25) is 0 Å². The van der Waals surface area contributed by atoms with E-state index < -0.39 is 19.1 Å². The minimum atomic E-state index is -5.09. The van der Waals surface area contributed by atoms with Crippen LogP contribution in [-0.4, -0.2) is 13.6 Å². The molecule has 0 aromatic heterocycles. The Bertz CT molecular complexity index is 294. The molecule has 1 aromatic carbocycles. The minimum absolute atomic E-state index is 0.288. The van der Waals surface area contributed by atoms with E-state index in [4.69, 9.17) is 0 Å². The van der Waals surface area contributed by atoms with Gasteiger partial charge in [0.15, 0.2) is 0 Å². The van der Waals surface area contributed by atoms with Gasteiger partial charge in [-0.25, -0.2) is 0 Å². The maximum absolute atomic E-state index is 12.1. The fraction of sp³-hybridized carbons (Fsp3) is 0.143. The first-order valence-corrected chi connectivity index (χ1v) is 3.64. The molecule has 0 saturated heterocycles. The second-order valence-electron chi connectivity index (χ2n) is 2.52. The van der Waals surface area contributed by atoms with Gasteiger partial charge in [-0.05, 0) is 12.1 Å². The van der Waals surface area contributed by atoms with Crippen LogP contribution >= 0.6 is 0 Å². The van der Waals surface area contributed by atoms with Gasteiger partial charge >= 0.3 is 13.6 Å². The maximum atomic E-state index is 12.1. The lowest BCUT2D eigenvalue weighted by Crippen LogP contribution is -2.33. The smallest absolute Gasteiger partial charge is 0.445 e. The van der Waals surface area contributed by atoms with E-state index in [1.54, 1.807) is 0 Å². The average molecular weight is 211 g/mol. The largest absolute Gasteiger partial charge is 0.509 e. The number of hydrogen-bond donors (Lipinski definition) is 0. The summed E-state index contributed by atoms with van der Waals surface area (Å²) in [6.45, 7) is -8.12. The Morgan fingerprint density at radius 1 is 1.00 bits per heavy atom. The predicted octanol–water partition coefficient (Wildman–Crippen LogP) is 2.34. The van der Waals surface area contributed by atoms with Crippen molar-refractivity contribution >= 4 is 12.4 Å². The van der Waals surface area contributed by atoms with Gasteiger partial charge in [0.25, 0.3) is 0 Å². The second-order valence-corrected chi connectivity index (χ2v) is 2.52. The standard InChI is InChI=1S/C7H5BF5O/c9-7(10)14-6-3-1-5(2-4-6)8(11,12)13/h1-4,7H/q-1. The number of ether oxygens (including phenoxy) is 1. The van der Waals surface area contributed by atoms with Gasteiger partial charge in [-0.2, -0.15) is 8.78 Å². The van der Waals surface area contributed by atoms with Crippen molar-refractivity contribution in [2.75, 3.05) is 0 Å². The summed E-state index contributed by atoms with van der Waals surface area (Å²) in [5.41, 5.74) is -0.841. The van der Waals surface area contributed by atoms with Crippen LogP contribution in [-0.2, 0) is 0 Å². The summed E-state index contributed by atoms with van der Waals surface area (Å²) >= 11 is 0. The van der Waals surface area contributed by atoms with E-state index in [1.807, 2.05) is 0 Å². The third kappa shape index (κ3) is 2.90. The van der Waals surface area contributed by atoms with E-state index >= 15 is 0 Å². The van der Waals surface area contributed by atoms with Crippen LogP contribution in [0, 0.1) is 0 Å². The summed E-state index contributed by atoms with van der Waals surface area (Å²) in [4.78, 5) is 0. The number of hydrogen-bond acceptors (Lipinski definition) is 1. The van der Waals surface area contributed by atoms with E-state index in [2.05, 4.69) is 4.74 Å². The van der Waals surface area contributed by atoms with Crippen molar-refractivity contribution in [3.8, 4) is 5.75 Å². The summed E-state index contributed by atoms with van der Waals surface area (Å²) in [7, 11) is 0. The molecule has 1 rings (SSSR count). The fourth-order valence-corrected chi connectivity index (χ4v) is 0.867. The molecule has 0 amide bonds. The third-order valence-electron chi connectivity index (χ3n) is 1.48. The molecule has 78 valence electrons. The van der Waals surface area contributed by atoms with E-state index in [0.717, 1.165) is 12.1 Å². The zero-order valence-electron chi connectivity index (χ0n) is 6.76. The van der Waals surface area contributed by atoms with Crippen LogP contribution in [0.15, 0.2) is 24.3 Å². The molecule has 0 saturated carbocycles. The summed E-state index contributed by atoms with van der Waals surface area (Å²) in [6, 6.07) is 3.13. The number of halogens is 5. The van der Waals surface area contributed by atoms with Gasteiger partial charge in [0.1, 0.15) is 5.75 Å². The van der Waals surface area contributed by atoms with Crippen molar-refractivity contribution in [1.29, 1.82) is 0 Å². The zero-order valence-corrected chi connectivity index (χ0v) is 6.76. The molecule has 7 heteroatoms. The molecule has 0 unspecified atom stereocenters. The molecule has 0 spiro atoms. The maximum Gasteiger partial charge on any atom is 0.509 e. The Hall–Kier alpha value is -1.27. The van der Waals surface area contributed by atoms with Gasteiger partial charge in [0.05, 0.1) is 0 Å². The number of benzene rings is 1. The Balaban J connectivity index is 2.79. The van der Waals surface area contributed by atoms with Crippen LogP contribution in [0.25, 0.3) is 0 Å². The molecule has 14 heavy (non-hydrogen) atoms. The molecule has 1 nitrogen and oxygen atoms in total. The summed E-state index contributed by atoms with van der Waals surface area (Å²) in [6.07, 6.45) is 0. The van der Waals surface area contributed by atoms with Crippen LogP contribution in [0.5, 0.6) is 5.75 Å². The van der Waals surface area contributed by atoms with Crippen molar-refractivity contribution < 1.29 is 26.5 Å². The highest BCUT2D eigenvalue weighted by Crippen LogP contribution is 2.15. The Labute approximate surface area is 76.5 Å². The highest BCUT2D eigenvalue weighted by molar-refractivity contribution is 6.73. The lowest BCUT2D eigenvalue weighted by Gasteiger charge is -2.14. The molecule has 0 bridgehead atoms. The Morgan fingerprint density at radius 3 is 1.86 bits per heavy atom. The molecule has 0 fully saturated rings. The SMILES string of the molecule is FC(F)Oc1ccc([B-](F)(F)F)cc1. The van der Waals surface area contributed by atoms with Crippen molar-refractivity contribution in [2.45, 2.75) is 6.61 Å². The van der Waals surface area contributed by atoms with Crippen molar-refractivity contribution in [3.05, 3.63) is 24.3 Å². The Kier molecular flexibility index (Phi) is 2.98. The van der Waals surface area contributed by atoms with Crippen LogP contribution in [0.1, 0.15) is 0 Å². The van der Waals surface area contributed by atoms with Crippen molar-refractivity contribution in [1.82, 2.24) is 0 Å². The number of alkyl halides is 2. The summed E-state index contributed by atoms with van der Waals surface area (Å²) in [5, 5.41) is 0. The second kappa shape index (κ2) is 3.85. The first-order valence-electron chi connectivity index (χ1n) is 3.64. The van der Waals surface area contributed by atoms with Gasteiger partial charge in [-0.15, -0.1) is 5.46 Å². The molecular weight excluding hydrogens is 206 g/mol. The van der Waals surface area contributed by atoms with Crippen LogP contribution in [0.3, 0.4) is 0 Å². The molecule has 0 aliphatic rings. The van der Waals surface area contributed by atoms with Gasteiger partial charge < -0.3 is 17.7 Å². The first-order chi connectivity index (χ1) is 6.39. The molecule has 0 radical (unpaired) electrons. The van der Waals surface area contributed by atoms with E-state index in [0.29, 0.717) is 12.1 Å². The quantitative estimate of drug-likeness (QED) is 0.550. The van der Waals surface area contributed by atoms with Crippen LogP contribution in [0.2, 0.25) is 0 Å². The molecule has 0 heterocycles. The fourth-order valence-electron chi connectivity index (χ4n) is 0.867. The van der Waals surface area contributed by atoms with Crippen LogP contribution in [0.4, 0.5) is 21.7 Å².